The quantitative estimate of drug-likeness (QED) is 0.629. The molecule has 1 aliphatic heterocycles. The van der Waals surface area contributed by atoms with Gasteiger partial charge in [-0.25, -0.2) is 14.4 Å². The molecule has 1 fully saturated rings. The van der Waals surface area contributed by atoms with Crippen LogP contribution in [0.25, 0.3) is 0 Å². The highest BCUT2D eigenvalue weighted by molar-refractivity contribution is 8.00. The van der Waals surface area contributed by atoms with Crippen LogP contribution >= 0.6 is 11.8 Å². The van der Waals surface area contributed by atoms with E-state index < -0.39 is 18.0 Å². The molecule has 0 bridgehead atoms. The molecule has 0 aliphatic carbocycles. The van der Waals surface area contributed by atoms with Gasteiger partial charge in [0, 0.05) is 32.9 Å². The molecule has 8 nitrogen and oxygen atoms in total. The van der Waals surface area contributed by atoms with E-state index in [1.165, 1.54) is 21.6 Å². The van der Waals surface area contributed by atoms with Crippen LogP contribution in [0, 0.1) is 0 Å². The fraction of sp³-hybridized carbons (Fsp3) is 0.750. The SMILES string of the molecule is CCC1SCC(C(=O)O)N1C(=O)NCCNC(=O)N(C)C. The zero-order valence-electron chi connectivity index (χ0n) is 12.5. The van der Waals surface area contributed by atoms with Crippen molar-refractivity contribution in [2.24, 2.45) is 0 Å². The van der Waals surface area contributed by atoms with Gasteiger partial charge in [0.2, 0.25) is 0 Å². The predicted octanol–water partition coefficient (Wildman–Crippen LogP) is 0.205. The molecule has 1 heterocycles. The van der Waals surface area contributed by atoms with Crippen LogP contribution in [0.4, 0.5) is 9.59 Å². The topological polar surface area (TPSA) is 102 Å². The van der Waals surface area contributed by atoms with Crippen LogP contribution in [0.1, 0.15) is 13.3 Å². The van der Waals surface area contributed by atoms with Gasteiger partial charge in [-0.3, -0.25) is 4.90 Å². The van der Waals surface area contributed by atoms with Crippen LogP contribution in [0.15, 0.2) is 0 Å². The van der Waals surface area contributed by atoms with E-state index in [9.17, 15) is 14.4 Å². The maximum Gasteiger partial charge on any atom is 0.327 e. The molecular weight excluding hydrogens is 296 g/mol. The number of carboxylic acid groups (broad SMARTS) is 1. The Morgan fingerprint density at radius 2 is 1.90 bits per heavy atom. The molecular formula is C12H22N4O4S. The Morgan fingerprint density at radius 1 is 1.29 bits per heavy atom. The van der Waals surface area contributed by atoms with Gasteiger partial charge in [-0.15, -0.1) is 11.8 Å². The predicted molar refractivity (Wildman–Crippen MR) is 80.3 cm³/mol. The molecule has 9 heteroatoms. The molecule has 1 saturated heterocycles. The van der Waals surface area contributed by atoms with Crippen molar-refractivity contribution >= 4 is 29.8 Å². The molecule has 120 valence electrons. The standard InChI is InChI=1S/C12H22N4O4S/c1-4-9-16(8(7-21-9)10(17)18)12(20)14-6-5-13-11(19)15(2)3/h8-9H,4-7H2,1-3H3,(H,13,19)(H,14,20)(H,17,18). The van der Waals surface area contributed by atoms with Crippen LogP contribution in [0.5, 0.6) is 0 Å². The third-order valence-corrected chi connectivity index (χ3v) is 4.50. The second-order valence-electron chi connectivity index (χ2n) is 4.82. The molecule has 0 radical (unpaired) electrons. The van der Waals surface area contributed by atoms with Gasteiger partial charge in [-0.05, 0) is 6.42 Å². The number of rotatable bonds is 5. The summed E-state index contributed by atoms with van der Waals surface area (Å²) in [4.78, 5) is 37.4. The molecule has 3 N–H and O–H groups in total. The summed E-state index contributed by atoms with van der Waals surface area (Å²) in [5.74, 6) is -0.590. The van der Waals surface area contributed by atoms with Gasteiger partial charge < -0.3 is 20.6 Å². The van der Waals surface area contributed by atoms with E-state index in [1.54, 1.807) is 14.1 Å². The molecule has 0 spiro atoms. The Bertz CT molecular complexity index is 405. The van der Waals surface area contributed by atoms with Crippen LogP contribution in [0.3, 0.4) is 0 Å². The molecule has 2 atom stereocenters. The van der Waals surface area contributed by atoms with Crippen molar-refractivity contribution in [1.29, 1.82) is 0 Å². The highest BCUT2D eigenvalue weighted by atomic mass is 32.2. The molecule has 0 aromatic heterocycles. The summed E-state index contributed by atoms with van der Waals surface area (Å²) in [6.45, 7) is 2.46. The first-order valence-electron chi connectivity index (χ1n) is 6.74. The fourth-order valence-electron chi connectivity index (χ4n) is 1.93. The zero-order chi connectivity index (χ0) is 16.0. The summed E-state index contributed by atoms with van der Waals surface area (Å²) in [7, 11) is 3.25. The van der Waals surface area contributed by atoms with Gasteiger partial charge >= 0.3 is 18.0 Å². The minimum atomic E-state index is -0.991. The fourth-order valence-corrected chi connectivity index (χ4v) is 3.28. The smallest absolute Gasteiger partial charge is 0.327 e. The minimum Gasteiger partial charge on any atom is -0.480 e. The molecule has 2 unspecified atom stereocenters. The Kier molecular flexibility index (Phi) is 6.60. The Morgan fingerprint density at radius 3 is 2.43 bits per heavy atom. The zero-order valence-corrected chi connectivity index (χ0v) is 13.3. The lowest BCUT2D eigenvalue weighted by atomic mass is 10.3. The molecule has 21 heavy (non-hydrogen) atoms. The van der Waals surface area contributed by atoms with Crippen LogP contribution in [0.2, 0.25) is 0 Å². The lowest BCUT2D eigenvalue weighted by molar-refractivity contribution is -0.141. The van der Waals surface area contributed by atoms with Gasteiger partial charge in [0.15, 0.2) is 0 Å². The van der Waals surface area contributed by atoms with Crippen LogP contribution in [-0.2, 0) is 4.79 Å². The third kappa shape index (κ3) is 4.69. The average Bonchev–Trinajstić information content (AvgIpc) is 2.86. The van der Waals surface area contributed by atoms with E-state index in [1.807, 2.05) is 6.92 Å². The number of nitrogens with zero attached hydrogens (tertiary/aromatic N) is 2. The van der Waals surface area contributed by atoms with Gasteiger partial charge in [-0.1, -0.05) is 6.92 Å². The first kappa shape index (κ1) is 17.4. The number of aliphatic carboxylic acids is 1. The summed E-state index contributed by atoms with van der Waals surface area (Å²) >= 11 is 1.47. The maximum atomic E-state index is 12.1. The van der Waals surface area contributed by atoms with Crippen molar-refractivity contribution in [2.45, 2.75) is 24.8 Å². The van der Waals surface area contributed by atoms with E-state index >= 15 is 0 Å². The first-order valence-corrected chi connectivity index (χ1v) is 7.79. The normalized spacial score (nSPS) is 21.0. The van der Waals surface area contributed by atoms with Crippen molar-refractivity contribution in [3.63, 3.8) is 0 Å². The van der Waals surface area contributed by atoms with Gasteiger partial charge in [0.25, 0.3) is 0 Å². The molecule has 1 aliphatic rings. The van der Waals surface area contributed by atoms with Crippen LogP contribution in [-0.4, -0.2) is 77.3 Å². The number of amides is 4. The van der Waals surface area contributed by atoms with E-state index in [0.29, 0.717) is 12.2 Å². The number of hydrogen-bond donors (Lipinski definition) is 3. The Balaban J connectivity index is 2.45. The maximum absolute atomic E-state index is 12.1. The molecule has 1 rings (SSSR count). The third-order valence-electron chi connectivity index (χ3n) is 3.04. The largest absolute Gasteiger partial charge is 0.480 e. The number of carbonyl (C=O) groups excluding carboxylic acids is 2. The summed E-state index contributed by atoms with van der Waals surface area (Å²) < 4.78 is 0. The average molecular weight is 318 g/mol. The first-order chi connectivity index (χ1) is 9.88. The van der Waals surface area contributed by atoms with Gasteiger partial charge in [0.05, 0.1) is 5.37 Å². The van der Waals surface area contributed by atoms with Crippen LogP contribution < -0.4 is 10.6 Å². The van der Waals surface area contributed by atoms with Crippen molar-refractivity contribution in [3.8, 4) is 0 Å². The molecule has 4 amide bonds. The Hall–Kier alpha value is -1.64. The Labute approximate surface area is 128 Å². The number of nitrogens with one attached hydrogen (secondary N) is 2. The van der Waals surface area contributed by atoms with E-state index in [-0.39, 0.29) is 24.5 Å². The molecule has 0 saturated carbocycles. The van der Waals surface area contributed by atoms with E-state index in [4.69, 9.17) is 5.11 Å². The number of carboxylic acids is 1. The lowest BCUT2D eigenvalue weighted by Crippen LogP contribution is -2.51. The summed E-state index contributed by atoms with van der Waals surface area (Å²) in [6, 6.07) is -1.44. The second kappa shape index (κ2) is 7.96. The summed E-state index contributed by atoms with van der Waals surface area (Å²) in [5, 5.41) is 14.3. The van der Waals surface area contributed by atoms with Gasteiger partial charge in [0.1, 0.15) is 6.04 Å². The van der Waals surface area contributed by atoms with Crippen molar-refractivity contribution in [1.82, 2.24) is 20.4 Å². The van der Waals surface area contributed by atoms with Gasteiger partial charge in [-0.2, -0.15) is 0 Å². The van der Waals surface area contributed by atoms with Crippen molar-refractivity contribution in [2.75, 3.05) is 32.9 Å². The lowest BCUT2D eigenvalue weighted by Gasteiger charge is -2.26. The number of urea groups is 2. The van der Waals surface area contributed by atoms with Crippen molar-refractivity contribution < 1.29 is 19.5 Å². The highest BCUT2D eigenvalue weighted by Crippen LogP contribution is 2.31. The van der Waals surface area contributed by atoms with Crippen molar-refractivity contribution in [3.05, 3.63) is 0 Å². The monoisotopic (exact) mass is 318 g/mol. The minimum absolute atomic E-state index is 0.123. The van der Waals surface area contributed by atoms with E-state index in [0.717, 1.165) is 0 Å². The highest BCUT2D eigenvalue weighted by Gasteiger charge is 2.40. The summed E-state index contributed by atoms with van der Waals surface area (Å²) in [5.41, 5.74) is 0. The van der Waals surface area contributed by atoms with E-state index in [2.05, 4.69) is 10.6 Å². The number of carbonyl (C=O) groups is 3. The number of thioether (sulfide) groups is 1. The molecule has 0 aromatic rings. The number of hydrogen-bond acceptors (Lipinski definition) is 4. The molecule has 0 aromatic carbocycles. The summed E-state index contributed by atoms with van der Waals surface area (Å²) in [6.07, 6.45) is 0.694. The second-order valence-corrected chi connectivity index (χ2v) is 6.03.